The maximum Gasteiger partial charge on any atom is 0.339 e. The monoisotopic (exact) mass is 282 g/mol. The summed E-state index contributed by atoms with van der Waals surface area (Å²) in [7, 11) is 0. The Labute approximate surface area is 118 Å². The Balaban J connectivity index is 1.96. The lowest BCUT2D eigenvalue weighted by Crippen LogP contribution is -2.15. The summed E-state index contributed by atoms with van der Waals surface area (Å²) in [6, 6.07) is 8.20. The van der Waals surface area contributed by atoms with Crippen molar-refractivity contribution in [3.8, 4) is 0 Å². The Bertz CT molecular complexity index is 841. The second kappa shape index (κ2) is 5.04. The van der Waals surface area contributed by atoms with Gasteiger partial charge in [-0.3, -0.25) is 4.79 Å². The van der Waals surface area contributed by atoms with Gasteiger partial charge in [0.05, 0.1) is 17.3 Å². The van der Waals surface area contributed by atoms with Crippen LogP contribution < -0.4 is 5.32 Å². The number of carboxylic acid groups (broad SMARTS) is 1. The van der Waals surface area contributed by atoms with E-state index in [1.807, 2.05) is 0 Å². The molecule has 0 bridgehead atoms. The number of carbonyl (C=O) groups is 2. The first-order valence-electron chi connectivity index (χ1n) is 6.09. The number of amides is 1. The third-order valence-electron chi connectivity index (χ3n) is 2.94. The van der Waals surface area contributed by atoms with E-state index in [-0.39, 0.29) is 11.4 Å². The average Bonchev–Trinajstić information content (AvgIpc) is 2.91. The maximum absolute atomic E-state index is 12.3. The fourth-order valence-electron chi connectivity index (χ4n) is 1.96. The van der Waals surface area contributed by atoms with E-state index in [9.17, 15) is 9.59 Å². The number of aromatic nitrogens is 3. The van der Waals surface area contributed by atoms with Crippen LogP contribution in [0.25, 0.3) is 5.52 Å². The van der Waals surface area contributed by atoms with Gasteiger partial charge in [-0.25, -0.2) is 14.3 Å². The molecule has 3 aromatic rings. The number of hydrogen-bond donors (Lipinski definition) is 2. The Hall–Kier alpha value is -3.22. The molecule has 0 radical (unpaired) electrons. The average molecular weight is 282 g/mol. The highest BCUT2D eigenvalue weighted by molar-refractivity contribution is 6.10. The van der Waals surface area contributed by atoms with Gasteiger partial charge in [-0.1, -0.05) is 6.07 Å². The molecule has 3 rings (SSSR count). The van der Waals surface area contributed by atoms with Crippen molar-refractivity contribution in [1.82, 2.24) is 14.6 Å². The first-order chi connectivity index (χ1) is 10.2. The summed E-state index contributed by atoms with van der Waals surface area (Å²) in [5.74, 6) is -1.61. The maximum atomic E-state index is 12.3. The number of nitrogens with zero attached hydrogens (tertiary/aromatic N) is 3. The fraction of sp³-hybridized carbons (Fsp3) is 0. The third-order valence-corrected chi connectivity index (χ3v) is 2.94. The van der Waals surface area contributed by atoms with Gasteiger partial charge in [-0.15, -0.1) is 0 Å². The van der Waals surface area contributed by atoms with Crippen molar-refractivity contribution < 1.29 is 14.7 Å². The molecule has 0 unspecified atom stereocenters. The van der Waals surface area contributed by atoms with Crippen LogP contribution >= 0.6 is 0 Å². The zero-order valence-corrected chi connectivity index (χ0v) is 10.7. The number of nitrogens with one attached hydrogen (secondary N) is 1. The minimum Gasteiger partial charge on any atom is -0.478 e. The van der Waals surface area contributed by atoms with Gasteiger partial charge in [-0.2, -0.15) is 5.10 Å². The first kappa shape index (κ1) is 12.8. The van der Waals surface area contributed by atoms with E-state index >= 15 is 0 Å². The molecule has 0 aliphatic carbocycles. The smallest absolute Gasteiger partial charge is 0.339 e. The quantitative estimate of drug-likeness (QED) is 0.761. The van der Waals surface area contributed by atoms with Crippen molar-refractivity contribution >= 4 is 23.2 Å². The van der Waals surface area contributed by atoms with Crippen molar-refractivity contribution in [3.63, 3.8) is 0 Å². The summed E-state index contributed by atoms with van der Waals surface area (Å²) in [5.41, 5.74) is 0.905. The molecule has 1 amide bonds. The molecule has 2 N–H and O–H groups in total. The molecule has 0 saturated heterocycles. The Kier molecular flexibility index (Phi) is 3.07. The Morgan fingerprint density at radius 3 is 2.81 bits per heavy atom. The molecule has 3 heterocycles. The van der Waals surface area contributed by atoms with Crippen LogP contribution in [0.15, 0.2) is 48.9 Å². The number of aromatic carboxylic acids is 1. The van der Waals surface area contributed by atoms with E-state index < -0.39 is 11.9 Å². The van der Waals surface area contributed by atoms with Gasteiger partial charge in [0.1, 0.15) is 11.4 Å². The fourth-order valence-corrected chi connectivity index (χ4v) is 1.96. The van der Waals surface area contributed by atoms with E-state index in [4.69, 9.17) is 5.11 Å². The molecule has 21 heavy (non-hydrogen) atoms. The Morgan fingerprint density at radius 2 is 2.00 bits per heavy atom. The van der Waals surface area contributed by atoms with Crippen LogP contribution in [0.5, 0.6) is 0 Å². The molecular weight excluding hydrogens is 272 g/mol. The molecule has 0 aliphatic heterocycles. The van der Waals surface area contributed by atoms with Gasteiger partial charge in [0, 0.05) is 12.4 Å². The second-order valence-electron chi connectivity index (χ2n) is 4.25. The lowest BCUT2D eigenvalue weighted by molar-refractivity contribution is 0.0697. The summed E-state index contributed by atoms with van der Waals surface area (Å²) < 4.78 is 1.56. The van der Waals surface area contributed by atoms with E-state index in [0.29, 0.717) is 11.1 Å². The molecule has 7 heteroatoms. The van der Waals surface area contributed by atoms with Crippen LogP contribution in [-0.4, -0.2) is 31.6 Å². The first-order valence-corrected chi connectivity index (χ1v) is 6.09. The van der Waals surface area contributed by atoms with Crippen molar-refractivity contribution in [2.24, 2.45) is 0 Å². The number of pyridine rings is 2. The second-order valence-corrected chi connectivity index (χ2v) is 4.25. The minimum atomic E-state index is -1.15. The van der Waals surface area contributed by atoms with Crippen LogP contribution in [0.1, 0.15) is 20.7 Å². The normalized spacial score (nSPS) is 10.5. The molecule has 0 aromatic carbocycles. The zero-order valence-electron chi connectivity index (χ0n) is 10.7. The highest BCUT2D eigenvalue weighted by atomic mass is 16.4. The van der Waals surface area contributed by atoms with Gasteiger partial charge >= 0.3 is 5.97 Å². The minimum absolute atomic E-state index is 0.00489. The SMILES string of the molecule is O=C(O)c1cccnc1NC(=O)c1cnn2ccccc12. The summed E-state index contributed by atoms with van der Waals surface area (Å²) in [4.78, 5) is 27.3. The zero-order chi connectivity index (χ0) is 14.8. The summed E-state index contributed by atoms with van der Waals surface area (Å²) in [6.07, 6.45) is 4.56. The van der Waals surface area contributed by atoms with Crippen molar-refractivity contribution in [3.05, 3.63) is 60.0 Å². The van der Waals surface area contributed by atoms with Gasteiger partial charge in [0.15, 0.2) is 0 Å². The molecular formula is C14H10N4O3. The van der Waals surface area contributed by atoms with Gasteiger partial charge in [0.2, 0.25) is 0 Å². The van der Waals surface area contributed by atoms with E-state index in [1.165, 1.54) is 24.5 Å². The van der Waals surface area contributed by atoms with E-state index in [1.54, 1.807) is 28.9 Å². The van der Waals surface area contributed by atoms with Crippen LogP contribution in [0.2, 0.25) is 0 Å². The number of rotatable bonds is 3. The molecule has 7 nitrogen and oxygen atoms in total. The molecule has 0 spiro atoms. The summed E-state index contributed by atoms with van der Waals surface area (Å²) in [5, 5.41) is 15.6. The molecule has 3 aromatic heterocycles. The van der Waals surface area contributed by atoms with Crippen LogP contribution in [0.3, 0.4) is 0 Å². The largest absolute Gasteiger partial charge is 0.478 e. The van der Waals surface area contributed by atoms with E-state index in [2.05, 4.69) is 15.4 Å². The number of carbonyl (C=O) groups excluding carboxylic acids is 1. The predicted molar refractivity (Wildman–Crippen MR) is 74.3 cm³/mol. The standard InChI is InChI=1S/C14H10N4O3/c19-13(10-8-16-18-7-2-1-5-11(10)18)17-12-9(14(20)21)4-3-6-15-12/h1-8H,(H,20,21)(H,15,17,19). The van der Waals surface area contributed by atoms with E-state index in [0.717, 1.165) is 0 Å². The van der Waals surface area contributed by atoms with Gasteiger partial charge < -0.3 is 10.4 Å². The predicted octanol–water partition coefficient (Wildman–Crippen LogP) is 1.68. The molecule has 0 atom stereocenters. The van der Waals surface area contributed by atoms with Crippen LogP contribution in [-0.2, 0) is 0 Å². The van der Waals surface area contributed by atoms with Crippen molar-refractivity contribution in [2.45, 2.75) is 0 Å². The van der Waals surface area contributed by atoms with Gasteiger partial charge in [0.25, 0.3) is 5.91 Å². The molecule has 0 fully saturated rings. The molecule has 0 saturated carbocycles. The summed E-state index contributed by atoms with van der Waals surface area (Å²) >= 11 is 0. The van der Waals surface area contributed by atoms with Crippen LogP contribution in [0, 0.1) is 0 Å². The van der Waals surface area contributed by atoms with Gasteiger partial charge in [-0.05, 0) is 24.3 Å². The summed E-state index contributed by atoms with van der Waals surface area (Å²) in [6.45, 7) is 0. The number of hydrogen-bond acceptors (Lipinski definition) is 4. The molecule has 104 valence electrons. The third kappa shape index (κ3) is 2.32. The highest BCUT2D eigenvalue weighted by Gasteiger charge is 2.17. The highest BCUT2D eigenvalue weighted by Crippen LogP contribution is 2.15. The molecule has 0 aliphatic rings. The van der Waals surface area contributed by atoms with Crippen LogP contribution in [0.4, 0.5) is 5.82 Å². The number of anilines is 1. The number of carboxylic acids is 1. The Morgan fingerprint density at radius 1 is 1.14 bits per heavy atom. The lowest BCUT2D eigenvalue weighted by Gasteiger charge is -2.06. The lowest BCUT2D eigenvalue weighted by atomic mass is 10.2. The topological polar surface area (TPSA) is 96.6 Å². The number of fused-ring (bicyclic) bond motifs is 1. The van der Waals surface area contributed by atoms with Crippen molar-refractivity contribution in [2.75, 3.05) is 5.32 Å². The van der Waals surface area contributed by atoms with Crippen molar-refractivity contribution in [1.29, 1.82) is 0 Å².